The molecule has 3 aliphatic rings. The van der Waals surface area contributed by atoms with Crippen LogP contribution >= 0.6 is 0 Å². The fourth-order valence-electron chi connectivity index (χ4n) is 5.73. The number of carbonyl (C=O) groups is 3. The maximum absolute atomic E-state index is 12.7. The van der Waals surface area contributed by atoms with Crippen LogP contribution in [-0.2, 0) is 28.6 Å². The summed E-state index contributed by atoms with van der Waals surface area (Å²) in [6, 6.07) is 0. The van der Waals surface area contributed by atoms with Crippen LogP contribution in [0.4, 0.5) is 0 Å². The highest BCUT2D eigenvalue weighted by Gasteiger charge is 2.69. The van der Waals surface area contributed by atoms with Crippen LogP contribution in [0.1, 0.15) is 61.3 Å². The van der Waals surface area contributed by atoms with Gasteiger partial charge >= 0.3 is 17.9 Å². The van der Waals surface area contributed by atoms with Gasteiger partial charge in [0, 0.05) is 23.8 Å². The number of hydrogen-bond acceptors (Lipinski definition) is 7. The van der Waals surface area contributed by atoms with Crippen molar-refractivity contribution in [2.45, 2.75) is 79.1 Å². The van der Waals surface area contributed by atoms with E-state index in [9.17, 15) is 19.5 Å². The molecule has 182 valence electrons. The third-order valence-electron chi connectivity index (χ3n) is 8.05. The first-order chi connectivity index (χ1) is 15.2. The first-order valence-corrected chi connectivity index (χ1v) is 11.6. The van der Waals surface area contributed by atoms with Crippen molar-refractivity contribution in [2.75, 3.05) is 6.61 Å². The largest absolute Gasteiger partial charge is 0.458 e. The number of carbonyl (C=O) groups excluding carboxylic acids is 3. The number of rotatable bonds is 5. The molecule has 1 fully saturated rings. The van der Waals surface area contributed by atoms with E-state index in [2.05, 4.69) is 6.08 Å². The van der Waals surface area contributed by atoms with Crippen molar-refractivity contribution in [1.82, 2.24) is 0 Å². The number of fused-ring (bicyclic) bond motifs is 1. The molecule has 1 heterocycles. The number of hydrogen-bond donors (Lipinski definition) is 1. The lowest BCUT2D eigenvalue weighted by Gasteiger charge is -2.64. The molecule has 0 aromatic heterocycles. The Balaban J connectivity index is 2.19. The number of ether oxygens (including phenoxy) is 3. The van der Waals surface area contributed by atoms with Gasteiger partial charge < -0.3 is 19.3 Å². The number of cyclic esters (lactones) is 1. The van der Waals surface area contributed by atoms with Crippen LogP contribution in [0, 0.1) is 22.7 Å². The molecule has 0 aromatic rings. The topological polar surface area (TPSA) is 99.1 Å². The van der Waals surface area contributed by atoms with Gasteiger partial charge in [-0.1, -0.05) is 51.5 Å². The first kappa shape index (κ1) is 25.2. The Bertz CT molecular complexity index is 925. The number of allylic oxidation sites excluding steroid dienone is 1. The summed E-state index contributed by atoms with van der Waals surface area (Å²) in [5.41, 5.74) is -1.38. The fraction of sp³-hybridized carbons (Fsp3) is 0.654. The molecule has 0 bridgehead atoms. The Morgan fingerprint density at radius 3 is 2.42 bits per heavy atom. The molecule has 7 heteroatoms. The molecule has 0 unspecified atom stereocenters. The summed E-state index contributed by atoms with van der Waals surface area (Å²) >= 11 is 0. The maximum Gasteiger partial charge on any atom is 0.331 e. The van der Waals surface area contributed by atoms with Gasteiger partial charge in [-0.05, 0) is 38.2 Å². The molecular formula is C26H36O7. The molecular weight excluding hydrogens is 424 g/mol. The molecule has 0 radical (unpaired) electrons. The van der Waals surface area contributed by atoms with E-state index in [0.717, 1.165) is 18.4 Å². The van der Waals surface area contributed by atoms with Crippen LogP contribution < -0.4 is 0 Å². The zero-order chi connectivity index (χ0) is 24.8. The smallest absolute Gasteiger partial charge is 0.331 e. The quantitative estimate of drug-likeness (QED) is 0.380. The summed E-state index contributed by atoms with van der Waals surface area (Å²) in [6.07, 6.45) is 6.89. The lowest BCUT2D eigenvalue weighted by molar-refractivity contribution is -0.266. The van der Waals surface area contributed by atoms with Crippen molar-refractivity contribution in [3.05, 3.63) is 35.5 Å². The maximum atomic E-state index is 12.7. The molecule has 1 saturated carbocycles. The third kappa shape index (κ3) is 4.16. The SMILES string of the molecule is CC(=O)O[C@H]1[C@H](OC(=O)C(C)C)[C@](C)(O)[C@](C)(C=CC2=CC(=O)OC2)[C@H]2CCC=C(C)[C@]12C. The van der Waals surface area contributed by atoms with E-state index in [1.54, 1.807) is 26.8 Å². The number of esters is 3. The molecule has 0 aromatic carbocycles. The van der Waals surface area contributed by atoms with E-state index in [1.807, 2.05) is 26.8 Å². The molecule has 1 N–H and O–H groups in total. The molecule has 0 spiro atoms. The summed E-state index contributed by atoms with van der Waals surface area (Å²) in [5.74, 6) is -1.90. The average molecular weight is 461 g/mol. The van der Waals surface area contributed by atoms with Gasteiger partial charge in [0.1, 0.15) is 12.2 Å². The van der Waals surface area contributed by atoms with Gasteiger partial charge in [-0.3, -0.25) is 9.59 Å². The standard InChI is InChI=1S/C26H36O7/c1-15(2)23(29)33-22-21(32-17(4)27)25(6)16(3)9-8-10-19(25)24(5,26(22,7)30)12-11-18-13-20(28)31-14-18/h9,11-13,15,19,21-22,30H,8,10,14H2,1-7H3/t19-,21+,22+,24-,25+,26+/m1/s1. The normalized spacial score (nSPS) is 38.5. The van der Waals surface area contributed by atoms with Gasteiger partial charge in [-0.15, -0.1) is 0 Å². The second-order valence-electron chi connectivity index (χ2n) is 10.4. The zero-order valence-electron chi connectivity index (χ0n) is 20.6. The van der Waals surface area contributed by atoms with E-state index in [-0.39, 0.29) is 12.5 Å². The Morgan fingerprint density at radius 2 is 1.88 bits per heavy atom. The predicted octanol–water partition coefficient (Wildman–Crippen LogP) is 3.66. The van der Waals surface area contributed by atoms with Crippen LogP contribution in [0.2, 0.25) is 0 Å². The second kappa shape index (κ2) is 8.75. The van der Waals surface area contributed by atoms with Gasteiger partial charge in [0.2, 0.25) is 0 Å². The highest BCUT2D eigenvalue weighted by Crippen LogP contribution is 2.63. The highest BCUT2D eigenvalue weighted by molar-refractivity contribution is 5.86. The number of aliphatic hydroxyl groups is 1. The minimum Gasteiger partial charge on any atom is -0.458 e. The Labute approximate surface area is 195 Å². The molecule has 7 nitrogen and oxygen atoms in total. The van der Waals surface area contributed by atoms with Crippen molar-refractivity contribution in [3.8, 4) is 0 Å². The Hall–Kier alpha value is -2.41. The third-order valence-corrected chi connectivity index (χ3v) is 8.05. The monoisotopic (exact) mass is 460 g/mol. The molecule has 0 amide bonds. The van der Waals surface area contributed by atoms with Crippen LogP contribution in [0.25, 0.3) is 0 Å². The summed E-state index contributed by atoms with van der Waals surface area (Å²) < 4.78 is 16.8. The fourth-order valence-corrected chi connectivity index (χ4v) is 5.73. The Morgan fingerprint density at radius 1 is 1.21 bits per heavy atom. The molecule has 0 saturated heterocycles. The predicted molar refractivity (Wildman–Crippen MR) is 122 cm³/mol. The molecule has 33 heavy (non-hydrogen) atoms. The van der Waals surface area contributed by atoms with Crippen molar-refractivity contribution < 1.29 is 33.7 Å². The van der Waals surface area contributed by atoms with Gasteiger partial charge in [0.15, 0.2) is 12.2 Å². The lowest BCUT2D eigenvalue weighted by atomic mass is 9.44. The zero-order valence-corrected chi connectivity index (χ0v) is 20.6. The van der Waals surface area contributed by atoms with Crippen LogP contribution in [0.3, 0.4) is 0 Å². The summed E-state index contributed by atoms with van der Waals surface area (Å²) in [6.45, 7) is 12.6. The van der Waals surface area contributed by atoms with E-state index in [4.69, 9.17) is 14.2 Å². The van der Waals surface area contributed by atoms with Gasteiger partial charge in [-0.2, -0.15) is 0 Å². The van der Waals surface area contributed by atoms with Crippen molar-refractivity contribution in [2.24, 2.45) is 22.7 Å². The van der Waals surface area contributed by atoms with E-state index >= 15 is 0 Å². The molecule has 3 rings (SSSR count). The van der Waals surface area contributed by atoms with E-state index in [1.165, 1.54) is 13.0 Å². The molecule has 6 atom stereocenters. The average Bonchev–Trinajstić information content (AvgIpc) is 3.14. The van der Waals surface area contributed by atoms with Crippen LogP contribution in [0.5, 0.6) is 0 Å². The summed E-state index contributed by atoms with van der Waals surface area (Å²) in [4.78, 5) is 36.4. The molecule has 1 aliphatic heterocycles. The van der Waals surface area contributed by atoms with Gasteiger partial charge in [0.25, 0.3) is 0 Å². The summed E-state index contributed by atoms with van der Waals surface area (Å²) in [5, 5.41) is 12.1. The van der Waals surface area contributed by atoms with Crippen LogP contribution in [0.15, 0.2) is 35.5 Å². The summed E-state index contributed by atoms with van der Waals surface area (Å²) in [7, 11) is 0. The van der Waals surface area contributed by atoms with Crippen LogP contribution in [-0.4, -0.2) is 47.4 Å². The minimum absolute atomic E-state index is 0.127. The van der Waals surface area contributed by atoms with Crippen molar-refractivity contribution >= 4 is 17.9 Å². The first-order valence-electron chi connectivity index (χ1n) is 11.6. The second-order valence-corrected chi connectivity index (χ2v) is 10.4. The highest BCUT2D eigenvalue weighted by atomic mass is 16.6. The van der Waals surface area contributed by atoms with Crippen molar-refractivity contribution in [1.29, 1.82) is 0 Å². The molecule has 2 aliphatic carbocycles. The Kier molecular flexibility index (Phi) is 6.68. The van der Waals surface area contributed by atoms with Crippen molar-refractivity contribution in [3.63, 3.8) is 0 Å². The minimum atomic E-state index is -1.57. The lowest BCUT2D eigenvalue weighted by Crippen LogP contribution is -2.72. The van der Waals surface area contributed by atoms with E-state index in [0.29, 0.717) is 5.57 Å². The van der Waals surface area contributed by atoms with E-state index < -0.39 is 52.5 Å². The van der Waals surface area contributed by atoms with Gasteiger partial charge in [-0.25, -0.2) is 4.79 Å². The van der Waals surface area contributed by atoms with Gasteiger partial charge in [0.05, 0.1) is 5.92 Å².